The molecular formula is C22H19IN2O4. The molecule has 3 aromatic rings. The molecule has 2 amide bonds. The SMILES string of the molecule is COc1ccccc1CNC(=O)/C(=C/c1ccc(I)o1)NC(=O)c1ccccc1. The monoisotopic (exact) mass is 502 g/mol. The lowest BCUT2D eigenvalue weighted by Crippen LogP contribution is -2.34. The first-order valence-electron chi connectivity index (χ1n) is 8.80. The van der Waals surface area contributed by atoms with Gasteiger partial charge in [-0.15, -0.1) is 0 Å². The van der Waals surface area contributed by atoms with E-state index in [1.54, 1.807) is 43.5 Å². The van der Waals surface area contributed by atoms with Crippen LogP contribution < -0.4 is 15.4 Å². The molecule has 6 nitrogen and oxygen atoms in total. The standard InChI is InChI=1S/C22H19IN2O4/c1-28-19-10-6-5-9-16(19)14-24-22(27)18(13-17-11-12-20(23)29-17)25-21(26)15-7-3-2-4-8-15/h2-13H,14H2,1H3,(H,24,27)(H,25,26)/b18-13-. The molecule has 0 aliphatic rings. The minimum absolute atomic E-state index is 0.0829. The number of furan rings is 1. The molecule has 0 aliphatic heterocycles. The Balaban J connectivity index is 1.79. The summed E-state index contributed by atoms with van der Waals surface area (Å²) < 4.78 is 11.5. The average Bonchev–Trinajstić information content (AvgIpc) is 3.16. The number of para-hydroxylation sites is 1. The van der Waals surface area contributed by atoms with E-state index in [0.717, 1.165) is 5.56 Å². The summed E-state index contributed by atoms with van der Waals surface area (Å²) in [6, 6.07) is 19.6. The fourth-order valence-corrected chi connectivity index (χ4v) is 3.04. The van der Waals surface area contributed by atoms with Crippen molar-refractivity contribution in [1.82, 2.24) is 10.6 Å². The summed E-state index contributed by atoms with van der Waals surface area (Å²) >= 11 is 2.03. The molecule has 148 valence electrons. The third-order valence-electron chi connectivity index (χ3n) is 4.04. The van der Waals surface area contributed by atoms with E-state index >= 15 is 0 Å². The Kier molecular flexibility index (Phi) is 7.07. The molecule has 0 saturated carbocycles. The molecule has 0 bridgehead atoms. The van der Waals surface area contributed by atoms with Gasteiger partial charge in [-0.25, -0.2) is 0 Å². The number of hydrogen-bond acceptors (Lipinski definition) is 4. The number of nitrogens with one attached hydrogen (secondary N) is 2. The van der Waals surface area contributed by atoms with Crippen LogP contribution in [-0.2, 0) is 11.3 Å². The summed E-state index contributed by atoms with van der Waals surface area (Å²) in [6.45, 7) is 0.247. The number of amides is 2. The van der Waals surface area contributed by atoms with Crippen LogP contribution in [0.25, 0.3) is 6.08 Å². The Morgan fingerprint density at radius 3 is 2.45 bits per heavy atom. The first kappa shape index (κ1) is 20.7. The van der Waals surface area contributed by atoms with Crippen LogP contribution in [0.1, 0.15) is 21.7 Å². The van der Waals surface area contributed by atoms with Gasteiger partial charge in [0.05, 0.1) is 7.11 Å². The molecule has 7 heteroatoms. The number of carbonyl (C=O) groups is 2. The summed E-state index contributed by atoms with van der Waals surface area (Å²) in [5.74, 6) is 0.314. The Bertz CT molecular complexity index is 1030. The predicted octanol–water partition coefficient (Wildman–Crippen LogP) is 3.98. The van der Waals surface area contributed by atoms with Crippen molar-refractivity contribution in [2.75, 3.05) is 7.11 Å². The van der Waals surface area contributed by atoms with E-state index in [1.165, 1.54) is 6.08 Å². The lowest BCUT2D eigenvalue weighted by atomic mass is 10.2. The lowest BCUT2D eigenvalue weighted by molar-refractivity contribution is -0.117. The summed E-state index contributed by atoms with van der Waals surface area (Å²) in [6.07, 6.45) is 1.50. The molecular weight excluding hydrogens is 483 g/mol. The fraction of sp³-hybridized carbons (Fsp3) is 0.0909. The van der Waals surface area contributed by atoms with Gasteiger partial charge in [0.25, 0.3) is 11.8 Å². The van der Waals surface area contributed by atoms with E-state index in [-0.39, 0.29) is 18.1 Å². The molecule has 29 heavy (non-hydrogen) atoms. The van der Waals surface area contributed by atoms with Gasteiger partial charge < -0.3 is 19.8 Å². The largest absolute Gasteiger partial charge is 0.496 e. The minimum atomic E-state index is -0.438. The van der Waals surface area contributed by atoms with Gasteiger partial charge in [-0.1, -0.05) is 36.4 Å². The quantitative estimate of drug-likeness (QED) is 0.379. The van der Waals surface area contributed by atoms with Crippen molar-refractivity contribution in [2.24, 2.45) is 0 Å². The molecule has 0 spiro atoms. The number of carbonyl (C=O) groups excluding carboxylic acids is 2. The Labute approximate surface area is 182 Å². The average molecular weight is 502 g/mol. The molecule has 3 rings (SSSR count). The fourth-order valence-electron chi connectivity index (χ4n) is 2.61. The Morgan fingerprint density at radius 1 is 1.03 bits per heavy atom. The summed E-state index contributed by atoms with van der Waals surface area (Å²) in [5, 5.41) is 5.48. The van der Waals surface area contributed by atoms with E-state index in [0.29, 0.717) is 20.8 Å². The third-order valence-corrected chi connectivity index (χ3v) is 4.62. The van der Waals surface area contributed by atoms with Gasteiger partial charge >= 0.3 is 0 Å². The Hall–Kier alpha value is -3.07. The van der Waals surface area contributed by atoms with Gasteiger partial charge in [-0.3, -0.25) is 9.59 Å². The number of halogens is 1. The van der Waals surface area contributed by atoms with Crippen molar-refractivity contribution in [3.63, 3.8) is 0 Å². The van der Waals surface area contributed by atoms with Crippen LogP contribution in [0, 0.1) is 3.77 Å². The second-order valence-electron chi connectivity index (χ2n) is 6.01. The molecule has 0 unspecified atom stereocenters. The van der Waals surface area contributed by atoms with Crippen molar-refractivity contribution >= 4 is 40.5 Å². The van der Waals surface area contributed by atoms with Crippen LogP contribution in [0.5, 0.6) is 5.75 Å². The molecule has 2 N–H and O–H groups in total. The van der Waals surface area contributed by atoms with Crippen LogP contribution in [0.3, 0.4) is 0 Å². The summed E-state index contributed by atoms with van der Waals surface area (Å²) in [4.78, 5) is 25.4. The predicted molar refractivity (Wildman–Crippen MR) is 118 cm³/mol. The number of benzene rings is 2. The highest BCUT2D eigenvalue weighted by Crippen LogP contribution is 2.17. The van der Waals surface area contributed by atoms with Crippen molar-refractivity contribution in [3.05, 3.63) is 93.1 Å². The maximum absolute atomic E-state index is 12.8. The van der Waals surface area contributed by atoms with E-state index in [2.05, 4.69) is 10.6 Å². The normalized spacial score (nSPS) is 11.0. The van der Waals surface area contributed by atoms with Gasteiger partial charge in [0.2, 0.25) is 0 Å². The van der Waals surface area contributed by atoms with Gasteiger partial charge in [0, 0.05) is 23.7 Å². The van der Waals surface area contributed by atoms with E-state index in [9.17, 15) is 9.59 Å². The zero-order valence-corrected chi connectivity index (χ0v) is 17.8. The molecule has 0 fully saturated rings. The molecule has 0 atom stereocenters. The van der Waals surface area contributed by atoms with E-state index in [4.69, 9.17) is 9.15 Å². The van der Waals surface area contributed by atoms with Gasteiger partial charge in [0.1, 0.15) is 17.2 Å². The summed E-state index contributed by atoms with van der Waals surface area (Å²) in [7, 11) is 1.57. The maximum atomic E-state index is 12.8. The second-order valence-corrected chi connectivity index (χ2v) is 7.08. The highest BCUT2D eigenvalue weighted by Gasteiger charge is 2.16. The highest BCUT2D eigenvalue weighted by molar-refractivity contribution is 14.1. The van der Waals surface area contributed by atoms with Crippen LogP contribution >= 0.6 is 22.6 Å². The van der Waals surface area contributed by atoms with Gasteiger partial charge in [0.15, 0.2) is 3.77 Å². The van der Waals surface area contributed by atoms with Crippen LogP contribution in [0.4, 0.5) is 0 Å². The zero-order chi connectivity index (χ0) is 20.6. The first-order valence-corrected chi connectivity index (χ1v) is 9.88. The van der Waals surface area contributed by atoms with Crippen molar-refractivity contribution in [2.45, 2.75) is 6.54 Å². The van der Waals surface area contributed by atoms with Crippen LogP contribution in [0.15, 0.2) is 76.8 Å². The van der Waals surface area contributed by atoms with Crippen molar-refractivity contribution < 1.29 is 18.7 Å². The minimum Gasteiger partial charge on any atom is -0.496 e. The van der Waals surface area contributed by atoms with Gasteiger partial charge in [-0.2, -0.15) is 0 Å². The molecule has 0 aliphatic carbocycles. The maximum Gasteiger partial charge on any atom is 0.268 e. The molecule has 0 saturated heterocycles. The smallest absolute Gasteiger partial charge is 0.268 e. The molecule has 0 radical (unpaired) electrons. The molecule has 1 aromatic heterocycles. The Morgan fingerprint density at radius 2 is 1.76 bits per heavy atom. The zero-order valence-electron chi connectivity index (χ0n) is 15.6. The van der Waals surface area contributed by atoms with Crippen molar-refractivity contribution in [3.8, 4) is 5.75 Å². The molecule has 2 aromatic carbocycles. The van der Waals surface area contributed by atoms with Gasteiger partial charge in [-0.05, 0) is 52.9 Å². The summed E-state index contributed by atoms with van der Waals surface area (Å²) in [5.41, 5.74) is 1.36. The second kappa shape index (κ2) is 9.92. The number of rotatable bonds is 7. The number of ether oxygens (including phenoxy) is 1. The van der Waals surface area contributed by atoms with E-state index < -0.39 is 5.91 Å². The third kappa shape index (κ3) is 5.71. The number of hydrogen-bond donors (Lipinski definition) is 2. The number of methoxy groups -OCH3 is 1. The van der Waals surface area contributed by atoms with Crippen molar-refractivity contribution in [1.29, 1.82) is 0 Å². The van der Waals surface area contributed by atoms with Crippen LogP contribution in [-0.4, -0.2) is 18.9 Å². The highest BCUT2D eigenvalue weighted by atomic mass is 127. The van der Waals surface area contributed by atoms with Crippen LogP contribution in [0.2, 0.25) is 0 Å². The topological polar surface area (TPSA) is 80.6 Å². The lowest BCUT2D eigenvalue weighted by Gasteiger charge is -2.12. The molecule has 1 heterocycles. The first-order chi connectivity index (χ1) is 14.1. The van der Waals surface area contributed by atoms with E-state index in [1.807, 2.05) is 52.9 Å².